The van der Waals surface area contributed by atoms with Crippen LogP contribution in [0.2, 0.25) is 10.0 Å². The molecule has 2 rings (SSSR count). The minimum absolute atomic E-state index is 0.212. The molecule has 0 aromatic heterocycles. The predicted octanol–water partition coefficient (Wildman–Crippen LogP) is 3.84. The average Bonchev–Trinajstić information content (AvgIpc) is 2.44. The van der Waals surface area contributed by atoms with E-state index in [1.165, 1.54) is 7.11 Å². The minimum Gasteiger partial charge on any atom is -0.497 e. The van der Waals surface area contributed by atoms with Gasteiger partial charge in [-0.2, -0.15) is 0 Å². The molecule has 0 atom stereocenters. The maximum atomic E-state index is 12.2. The molecule has 6 heteroatoms. The van der Waals surface area contributed by atoms with Gasteiger partial charge in [-0.15, -0.1) is 0 Å². The van der Waals surface area contributed by atoms with Gasteiger partial charge in [0.25, 0.3) is 5.91 Å². The second-order valence-electron chi connectivity index (χ2n) is 4.01. The highest BCUT2D eigenvalue weighted by Gasteiger charge is 2.14. The number of amides is 1. The Kier molecular flexibility index (Phi) is 4.37. The highest BCUT2D eigenvalue weighted by molar-refractivity contribution is 6.37. The number of nitrogens with one attached hydrogen (secondary N) is 1. The van der Waals surface area contributed by atoms with Gasteiger partial charge in [-0.1, -0.05) is 29.3 Å². The third kappa shape index (κ3) is 2.98. The lowest BCUT2D eigenvalue weighted by atomic mass is 10.2. The molecule has 3 N–H and O–H groups in total. The van der Waals surface area contributed by atoms with Gasteiger partial charge in [0, 0.05) is 6.07 Å². The van der Waals surface area contributed by atoms with Crippen LogP contribution in [0.15, 0.2) is 36.4 Å². The molecule has 0 radical (unpaired) electrons. The molecule has 0 bridgehead atoms. The van der Waals surface area contributed by atoms with E-state index in [1.807, 2.05) is 0 Å². The highest BCUT2D eigenvalue weighted by atomic mass is 35.5. The van der Waals surface area contributed by atoms with Crippen LogP contribution in [-0.4, -0.2) is 13.0 Å². The Morgan fingerprint density at radius 1 is 1.25 bits per heavy atom. The maximum absolute atomic E-state index is 12.2. The summed E-state index contributed by atoms with van der Waals surface area (Å²) in [5.41, 5.74) is 6.74. The molecule has 2 aromatic rings. The topological polar surface area (TPSA) is 64.3 Å². The summed E-state index contributed by atoms with van der Waals surface area (Å²) in [6.45, 7) is 0. The van der Waals surface area contributed by atoms with Crippen LogP contribution in [0, 0.1) is 0 Å². The summed E-state index contributed by atoms with van der Waals surface area (Å²) in [4.78, 5) is 12.2. The number of nitrogens with two attached hydrogens (primary N) is 1. The zero-order valence-electron chi connectivity index (χ0n) is 10.6. The minimum atomic E-state index is -0.391. The van der Waals surface area contributed by atoms with E-state index >= 15 is 0 Å². The van der Waals surface area contributed by atoms with Crippen molar-refractivity contribution < 1.29 is 9.53 Å². The van der Waals surface area contributed by atoms with E-state index < -0.39 is 5.91 Å². The number of nitrogen functional groups attached to an aromatic ring is 1. The van der Waals surface area contributed by atoms with Crippen molar-refractivity contribution in [3.05, 3.63) is 52.0 Å². The number of anilines is 2. The molecule has 0 aliphatic carbocycles. The number of benzene rings is 2. The van der Waals surface area contributed by atoms with Crippen LogP contribution >= 0.6 is 23.2 Å². The molecule has 0 heterocycles. The van der Waals surface area contributed by atoms with Crippen molar-refractivity contribution in [2.75, 3.05) is 18.2 Å². The first-order valence-electron chi connectivity index (χ1n) is 5.72. The van der Waals surface area contributed by atoms with Crippen molar-refractivity contribution in [1.29, 1.82) is 0 Å². The number of rotatable bonds is 3. The molecule has 0 fully saturated rings. The summed E-state index contributed by atoms with van der Waals surface area (Å²) < 4.78 is 5.08. The summed E-state index contributed by atoms with van der Waals surface area (Å²) in [6, 6.07) is 9.83. The number of methoxy groups -OCH3 is 1. The van der Waals surface area contributed by atoms with Gasteiger partial charge in [-0.05, 0) is 24.3 Å². The number of carbonyl (C=O) groups is 1. The molecule has 2 aromatic carbocycles. The Bertz CT molecular complexity index is 660. The zero-order valence-corrected chi connectivity index (χ0v) is 12.1. The van der Waals surface area contributed by atoms with Crippen LogP contribution in [0.5, 0.6) is 5.75 Å². The van der Waals surface area contributed by atoms with E-state index in [-0.39, 0.29) is 10.6 Å². The molecule has 0 aliphatic heterocycles. The van der Waals surface area contributed by atoms with E-state index in [0.29, 0.717) is 22.1 Å². The van der Waals surface area contributed by atoms with Gasteiger partial charge >= 0.3 is 0 Å². The normalized spacial score (nSPS) is 10.2. The Balaban J connectivity index is 2.30. The molecule has 0 spiro atoms. The van der Waals surface area contributed by atoms with Crippen LogP contribution in [-0.2, 0) is 0 Å². The fourth-order valence-corrected chi connectivity index (χ4v) is 2.02. The van der Waals surface area contributed by atoms with Gasteiger partial charge in [0.1, 0.15) is 5.75 Å². The van der Waals surface area contributed by atoms with Crippen molar-refractivity contribution in [2.45, 2.75) is 0 Å². The van der Waals surface area contributed by atoms with E-state index in [0.717, 1.165) is 0 Å². The number of carbonyl (C=O) groups excluding carboxylic acids is 1. The van der Waals surface area contributed by atoms with Crippen molar-refractivity contribution in [2.24, 2.45) is 0 Å². The van der Waals surface area contributed by atoms with E-state index in [9.17, 15) is 4.79 Å². The largest absolute Gasteiger partial charge is 0.497 e. The summed E-state index contributed by atoms with van der Waals surface area (Å²) >= 11 is 12.0. The van der Waals surface area contributed by atoms with E-state index in [1.54, 1.807) is 36.4 Å². The monoisotopic (exact) mass is 310 g/mol. The average molecular weight is 311 g/mol. The zero-order chi connectivity index (χ0) is 14.7. The third-order valence-electron chi connectivity index (χ3n) is 2.69. The lowest BCUT2D eigenvalue weighted by molar-refractivity contribution is 0.102. The number of halogens is 2. The van der Waals surface area contributed by atoms with Gasteiger partial charge in [0.05, 0.1) is 34.1 Å². The van der Waals surface area contributed by atoms with Crippen LogP contribution < -0.4 is 15.8 Å². The predicted molar refractivity (Wildman–Crippen MR) is 81.8 cm³/mol. The smallest absolute Gasteiger partial charge is 0.257 e. The number of hydrogen-bond acceptors (Lipinski definition) is 3. The summed E-state index contributed by atoms with van der Waals surface area (Å²) in [6.07, 6.45) is 0. The lowest BCUT2D eigenvalue weighted by Gasteiger charge is -2.10. The number of ether oxygens (including phenoxy) is 1. The first kappa shape index (κ1) is 14.5. The van der Waals surface area contributed by atoms with Crippen LogP contribution in [0.1, 0.15) is 10.4 Å². The summed E-state index contributed by atoms with van der Waals surface area (Å²) in [5, 5.41) is 3.29. The fraction of sp³-hybridized carbons (Fsp3) is 0.0714. The lowest BCUT2D eigenvalue weighted by Crippen LogP contribution is -2.13. The molecule has 20 heavy (non-hydrogen) atoms. The van der Waals surface area contributed by atoms with E-state index in [4.69, 9.17) is 33.7 Å². The van der Waals surface area contributed by atoms with Crippen molar-refractivity contribution in [3.8, 4) is 5.75 Å². The van der Waals surface area contributed by atoms with Crippen LogP contribution in [0.25, 0.3) is 0 Å². The molecule has 0 saturated carbocycles. The molecule has 0 unspecified atom stereocenters. The molecule has 4 nitrogen and oxygen atoms in total. The van der Waals surface area contributed by atoms with Crippen molar-refractivity contribution in [1.82, 2.24) is 0 Å². The Morgan fingerprint density at radius 2 is 2.00 bits per heavy atom. The van der Waals surface area contributed by atoms with Crippen LogP contribution in [0.4, 0.5) is 11.4 Å². The second-order valence-corrected chi connectivity index (χ2v) is 4.79. The number of hydrogen-bond donors (Lipinski definition) is 2. The summed E-state index contributed by atoms with van der Waals surface area (Å²) in [7, 11) is 1.53. The van der Waals surface area contributed by atoms with Gasteiger partial charge in [0.2, 0.25) is 0 Å². The van der Waals surface area contributed by atoms with Crippen molar-refractivity contribution >= 4 is 40.5 Å². The standard InChI is InChI=1S/C14H12Cl2N2O2/c1-20-8-5-6-10(15)12(7-8)18-14(19)9-3-2-4-11(17)13(9)16/h2-7H,17H2,1H3,(H,18,19). The quantitative estimate of drug-likeness (QED) is 0.847. The molecular formula is C14H12Cl2N2O2. The Morgan fingerprint density at radius 3 is 2.70 bits per heavy atom. The first-order valence-corrected chi connectivity index (χ1v) is 6.47. The maximum Gasteiger partial charge on any atom is 0.257 e. The molecule has 104 valence electrons. The SMILES string of the molecule is COc1ccc(Cl)c(NC(=O)c2cccc(N)c2Cl)c1. The van der Waals surface area contributed by atoms with Gasteiger partial charge < -0.3 is 15.8 Å². The second kappa shape index (κ2) is 6.03. The van der Waals surface area contributed by atoms with Crippen molar-refractivity contribution in [3.63, 3.8) is 0 Å². The molecule has 0 saturated heterocycles. The Labute approximate surface area is 126 Å². The molecule has 0 aliphatic rings. The third-order valence-corrected chi connectivity index (χ3v) is 3.45. The van der Waals surface area contributed by atoms with Crippen LogP contribution in [0.3, 0.4) is 0 Å². The molecular weight excluding hydrogens is 299 g/mol. The van der Waals surface area contributed by atoms with Gasteiger partial charge in [-0.25, -0.2) is 0 Å². The highest BCUT2D eigenvalue weighted by Crippen LogP contribution is 2.29. The Hall–Kier alpha value is -1.91. The fourth-order valence-electron chi connectivity index (χ4n) is 1.64. The van der Waals surface area contributed by atoms with E-state index in [2.05, 4.69) is 5.32 Å². The van der Waals surface area contributed by atoms with Gasteiger partial charge in [0.15, 0.2) is 0 Å². The van der Waals surface area contributed by atoms with Gasteiger partial charge in [-0.3, -0.25) is 4.79 Å². The molecule has 1 amide bonds. The summed E-state index contributed by atoms with van der Waals surface area (Å²) in [5.74, 6) is 0.195. The first-order chi connectivity index (χ1) is 9.52.